The third-order valence-electron chi connectivity index (χ3n) is 3.62. The van der Waals surface area contributed by atoms with Gasteiger partial charge in [0.05, 0.1) is 11.0 Å². The molecule has 0 fully saturated rings. The number of imidazole rings is 1. The van der Waals surface area contributed by atoms with Gasteiger partial charge in [0, 0.05) is 24.5 Å². The topological polar surface area (TPSA) is 80.0 Å². The number of benzene rings is 1. The van der Waals surface area contributed by atoms with Crippen LogP contribution < -0.4 is 5.32 Å². The maximum Gasteiger partial charge on any atom is 0.264 e. The van der Waals surface area contributed by atoms with Gasteiger partial charge in [0.1, 0.15) is 17.2 Å². The summed E-state index contributed by atoms with van der Waals surface area (Å²) in [6.07, 6.45) is 2.03. The molecule has 4 rings (SSSR count). The number of aromatic nitrogens is 3. The van der Waals surface area contributed by atoms with Crippen molar-refractivity contribution >= 4 is 39.0 Å². The van der Waals surface area contributed by atoms with Gasteiger partial charge >= 0.3 is 0 Å². The van der Waals surface area contributed by atoms with Crippen LogP contribution in [0.4, 0.5) is 5.13 Å². The number of aliphatic hydroxyl groups is 1. The quantitative estimate of drug-likeness (QED) is 0.762. The fourth-order valence-electron chi connectivity index (χ4n) is 2.64. The number of allylic oxidation sites excluding steroid dienone is 1. The van der Waals surface area contributed by atoms with Crippen molar-refractivity contribution in [2.75, 3.05) is 5.32 Å². The molecule has 3 heterocycles. The molecule has 7 heteroatoms. The lowest BCUT2D eigenvalue weighted by atomic mass is 10.1. The van der Waals surface area contributed by atoms with E-state index in [0.717, 1.165) is 11.0 Å². The van der Waals surface area contributed by atoms with Gasteiger partial charge in [-0.05, 0) is 12.1 Å². The maximum absolute atomic E-state index is 12.5. The van der Waals surface area contributed by atoms with Crippen LogP contribution in [0.3, 0.4) is 0 Å². The third kappa shape index (κ3) is 1.98. The molecule has 1 aliphatic rings. The molecule has 0 saturated heterocycles. The van der Waals surface area contributed by atoms with Crippen molar-refractivity contribution in [2.24, 2.45) is 0 Å². The Morgan fingerprint density at radius 3 is 3.05 bits per heavy atom. The predicted molar refractivity (Wildman–Crippen MR) is 84.6 cm³/mol. The van der Waals surface area contributed by atoms with Crippen LogP contribution in [0.25, 0.3) is 16.6 Å². The maximum atomic E-state index is 12.5. The smallest absolute Gasteiger partial charge is 0.264 e. The number of fused-ring (bicyclic) bond motifs is 3. The number of hydrogen-bond donors (Lipinski definition) is 2. The van der Waals surface area contributed by atoms with Crippen LogP contribution in [-0.2, 0) is 11.3 Å². The van der Waals surface area contributed by atoms with Gasteiger partial charge in [-0.1, -0.05) is 12.1 Å². The van der Waals surface area contributed by atoms with Crippen molar-refractivity contribution < 1.29 is 9.90 Å². The molecule has 0 radical (unpaired) electrons. The summed E-state index contributed by atoms with van der Waals surface area (Å²) in [6, 6.07) is 7.70. The molecule has 0 aliphatic carbocycles. The van der Waals surface area contributed by atoms with E-state index in [2.05, 4.69) is 15.3 Å². The molecule has 0 bridgehead atoms. The molecule has 0 unspecified atom stereocenters. The predicted octanol–water partition coefficient (Wildman–Crippen LogP) is 2.80. The first-order valence-corrected chi connectivity index (χ1v) is 7.70. The van der Waals surface area contributed by atoms with Crippen LogP contribution in [0.2, 0.25) is 0 Å². The summed E-state index contributed by atoms with van der Waals surface area (Å²) in [5.41, 5.74) is 1.99. The van der Waals surface area contributed by atoms with Crippen molar-refractivity contribution in [3.63, 3.8) is 0 Å². The highest BCUT2D eigenvalue weighted by molar-refractivity contribution is 7.13. The van der Waals surface area contributed by atoms with E-state index < -0.39 is 0 Å². The van der Waals surface area contributed by atoms with E-state index in [1.165, 1.54) is 11.3 Å². The minimum Gasteiger partial charge on any atom is -0.511 e. The van der Waals surface area contributed by atoms with E-state index in [4.69, 9.17) is 0 Å². The largest absolute Gasteiger partial charge is 0.511 e. The van der Waals surface area contributed by atoms with E-state index in [-0.39, 0.29) is 17.2 Å². The number of rotatable bonds is 2. The molecule has 1 aliphatic heterocycles. The molecule has 22 heavy (non-hydrogen) atoms. The molecule has 0 saturated carbocycles. The van der Waals surface area contributed by atoms with Gasteiger partial charge in [-0.2, -0.15) is 0 Å². The molecule has 0 atom stereocenters. The third-order valence-corrected chi connectivity index (χ3v) is 4.31. The minimum absolute atomic E-state index is 0.0665. The lowest BCUT2D eigenvalue weighted by molar-refractivity contribution is -0.111. The summed E-state index contributed by atoms with van der Waals surface area (Å²) in [6.45, 7) is 0.607. The normalized spacial score (nSPS) is 14.2. The number of carbonyl (C=O) groups is 1. The second kappa shape index (κ2) is 4.96. The molecule has 2 N–H and O–H groups in total. The first-order chi connectivity index (χ1) is 10.7. The standard InChI is InChI=1S/C15H12N4O2S/c20-11-5-7-19-10-4-2-1-3-9(10)17-13(19)12(11)14(21)18-15-16-6-8-22-15/h1-4,6,8,20H,5,7H2,(H,16,18,21). The second-order valence-corrected chi connectivity index (χ2v) is 5.83. The molecule has 3 aromatic rings. The lowest BCUT2D eigenvalue weighted by Gasteiger charge is -2.18. The fraction of sp³-hybridized carbons (Fsp3) is 0.133. The van der Waals surface area contributed by atoms with E-state index in [9.17, 15) is 9.90 Å². The number of nitrogens with zero attached hydrogens (tertiary/aromatic N) is 3. The van der Waals surface area contributed by atoms with E-state index in [1.807, 2.05) is 28.8 Å². The fourth-order valence-corrected chi connectivity index (χ4v) is 3.17. The molecular formula is C15H12N4O2S. The minimum atomic E-state index is -0.385. The Balaban J connectivity index is 1.80. The number of hydrogen-bond acceptors (Lipinski definition) is 5. The van der Waals surface area contributed by atoms with Crippen molar-refractivity contribution in [1.29, 1.82) is 0 Å². The van der Waals surface area contributed by atoms with Crippen molar-refractivity contribution in [3.8, 4) is 0 Å². The van der Waals surface area contributed by atoms with Crippen molar-refractivity contribution in [3.05, 3.63) is 47.4 Å². The average molecular weight is 312 g/mol. The molecule has 110 valence electrons. The van der Waals surface area contributed by atoms with Crippen LogP contribution in [0.5, 0.6) is 0 Å². The molecular weight excluding hydrogens is 300 g/mol. The zero-order valence-corrected chi connectivity index (χ0v) is 12.3. The lowest BCUT2D eigenvalue weighted by Crippen LogP contribution is -2.22. The van der Waals surface area contributed by atoms with Gasteiger partial charge < -0.3 is 9.67 Å². The molecule has 1 aromatic carbocycles. The van der Waals surface area contributed by atoms with E-state index >= 15 is 0 Å². The number of aryl methyl sites for hydroxylation is 1. The average Bonchev–Trinajstić information content (AvgIpc) is 3.13. The molecule has 2 aromatic heterocycles. The number of para-hydroxylation sites is 2. The van der Waals surface area contributed by atoms with Crippen LogP contribution in [-0.4, -0.2) is 25.5 Å². The summed E-state index contributed by atoms with van der Waals surface area (Å²) in [5.74, 6) is 0.180. The highest BCUT2D eigenvalue weighted by Gasteiger charge is 2.28. The number of amides is 1. The van der Waals surface area contributed by atoms with Gasteiger partial charge in [-0.3, -0.25) is 10.1 Å². The number of aliphatic hydroxyl groups excluding tert-OH is 1. The Bertz CT molecular complexity index is 896. The number of anilines is 1. The summed E-state index contributed by atoms with van der Waals surface area (Å²) >= 11 is 1.33. The number of carbonyl (C=O) groups excluding carboxylic acids is 1. The SMILES string of the molecule is O=C(Nc1nccs1)C1=C(O)CCn2c1nc1ccccc12. The Morgan fingerprint density at radius 2 is 2.23 bits per heavy atom. The Morgan fingerprint density at radius 1 is 1.36 bits per heavy atom. The summed E-state index contributed by atoms with van der Waals surface area (Å²) in [7, 11) is 0. The van der Waals surface area contributed by atoms with Crippen LogP contribution in [0, 0.1) is 0 Å². The highest BCUT2D eigenvalue weighted by atomic mass is 32.1. The first kappa shape index (κ1) is 13.0. The Kier molecular flexibility index (Phi) is 2.93. The highest BCUT2D eigenvalue weighted by Crippen LogP contribution is 2.30. The van der Waals surface area contributed by atoms with Crippen LogP contribution in [0.1, 0.15) is 12.2 Å². The Hall–Kier alpha value is -2.67. The van der Waals surface area contributed by atoms with Gasteiger partial charge in [0.15, 0.2) is 5.13 Å². The van der Waals surface area contributed by atoms with Crippen LogP contribution in [0.15, 0.2) is 41.6 Å². The summed E-state index contributed by atoms with van der Waals surface area (Å²) < 4.78 is 1.96. The zero-order valence-electron chi connectivity index (χ0n) is 11.5. The zero-order chi connectivity index (χ0) is 15.1. The number of nitrogens with one attached hydrogen (secondary N) is 1. The number of thiazole rings is 1. The molecule has 6 nitrogen and oxygen atoms in total. The monoisotopic (exact) mass is 312 g/mol. The van der Waals surface area contributed by atoms with Gasteiger partial charge in [-0.15, -0.1) is 11.3 Å². The van der Waals surface area contributed by atoms with Crippen molar-refractivity contribution in [2.45, 2.75) is 13.0 Å². The van der Waals surface area contributed by atoms with Gasteiger partial charge in [0.25, 0.3) is 5.91 Å². The van der Waals surface area contributed by atoms with E-state index in [0.29, 0.717) is 23.9 Å². The summed E-state index contributed by atoms with van der Waals surface area (Å²) in [5, 5.41) is 15.2. The van der Waals surface area contributed by atoms with Crippen LogP contribution >= 0.6 is 11.3 Å². The van der Waals surface area contributed by atoms with Crippen molar-refractivity contribution in [1.82, 2.24) is 14.5 Å². The molecule has 1 amide bonds. The summed E-state index contributed by atoms with van der Waals surface area (Å²) in [4.78, 5) is 21.0. The molecule has 0 spiro atoms. The Labute approximate surface area is 129 Å². The van der Waals surface area contributed by atoms with E-state index in [1.54, 1.807) is 11.6 Å². The second-order valence-electron chi connectivity index (χ2n) is 4.94. The first-order valence-electron chi connectivity index (χ1n) is 6.82. The van der Waals surface area contributed by atoms with Gasteiger partial charge in [-0.25, -0.2) is 9.97 Å². The van der Waals surface area contributed by atoms with Gasteiger partial charge in [0.2, 0.25) is 0 Å².